The first-order chi connectivity index (χ1) is 6.24. The maximum Gasteiger partial charge on any atom is 0.146 e. The molecule has 0 atom stereocenters. The van der Waals surface area contributed by atoms with Crippen molar-refractivity contribution in [3.8, 4) is 11.8 Å². The molecule has 1 rings (SSSR count). The van der Waals surface area contributed by atoms with Crippen LogP contribution in [-0.2, 0) is 0 Å². The molecule has 68 valence electrons. The van der Waals surface area contributed by atoms with Crippen LogP contribution in [0.4, 0.5) is 10.1 Å². The van der Waals surface area contributed by atoms with E-state index < -0.39 is 0 Å². The molecule has 0 heterocycles. The van der Waals surface area contributed by atoms with Gasteiger partial charge < -0.3 is 5.32 Å². The number of benzene rings is 1. The number of halogens is 2. The van der Waals surface area contributed by atoms with Crippen molar-refractivity contribution in [3.63, 3.8) is 0 Å². The van der Waals surface area contributed by atoms with Gasteiger partial charge in [-0.25, -0.2) is 4.39 Å². The van der Waals surface area contributed by atoms with Gasteiger partial charge in [0.2, 0.25) is 0 Å². The highest BCUT2D eigenvalue weighted by Gasteiger charge is 1.99. The molecule has 0 unspecified atom stereocenters. The van der Waals surface area contributed by atoms with E-state index in [1.165, 1.54) is 6.07 Å². The second-order valence-corrected chi connectivity index (χ2v) is 3.32. The molecular weight excluding hydrogens is 233 g/mol. The molecule has 3 heteroatoms. The topological polar surface area (TPSA) is 12.0 Å². The molecule has 0 aliphatic rings. The van der Waals surface area contributed by atoms with Crippen LogP contribution in [0.2, 0.25) is 0 Å². The molecule has 0 spiro atoms. The maximum absolute atomic E-state index is 13.1. The molecule has 0 bridgehead atoms. The van der Waals surface area contributed by atoms with E-state index in [4.69, 9.17) is 0 Å². The van der Waals surface area contributed by atoms with Crippen molar-refractivity contribution in [1.82, 2.24) is 0 Å². The van der Waals surface area contributed by atoms with Crippen molar-refractivity contribution in [3.05, 3.63) is 28.5 Å². The Kier molecular flexibility index (Phi) is 3.78. The lowest BCUT2D eigenvalue weighted by atomic mass is 10.3. The standard InChI is InChI=1S/C10H9BrFN/c1-2-3-6-13-10-7-8(11)4-5-9(10)12/h4-5,7,13H,6H2,1H3. The molecule has 0 aliphatic carbocycles. The van der Waals surface area contributed by atoms with Gasteiger partial charge in [0.25, 0.3) is 0 Å². The molecule has 1 aromatic carbocycles. The lowest BCUT2D eigenvalue weighted by Crippen LogP contribution is -2.00. The first-order valence-corrected chi connectivity index (χ1v) is 4.62. The van der Waals surface area contributed by atoms with E-state index >= 15 is 0 Å². The van der Waals surface area contributed by atoms with Crippen molar-refractivity contribution in [1.29, 1.82) is 0 Å². The Hall–Kier alpha value is -1.01. The highest BCUT2D eigenvalue weighted by Crippen LogP contribution is 2.19. The maximum atomic E-state index is 13.1. The summed E-state index contributed by atoms with van der Waals surface area (Å²) in [5.41, 5.74) is 0.470. The fourth-order valence-electron chi connectivity index (χ4n) is 0.861. The third-order valence-electron chi connectivity index (χ3n) is 1.47. The normalized spacial score (nSPS) is 8.85. The number of hydrogen-bond acceptors (Lipinski definition) is 1. The van der Waals surface area contributed by atoms with Gasteiger partial charge in [-0.15, -0.1) is 5.92 Å². The zero-order valence-electron chi connectivity index (χ0n) is 7.20. The van der Waals surface area contributed by atoms with Crippen LogP contribution in [0.15, 0.2) is 22.7 Å². The molecule has 0 aliphatic heterocycles. The Morgan fingerprint density at radius 1 is 1.54 bits per heavy atom. The first-order valence-electron chi connectivity index (χ1n) is 3.82. The lowest BCUT2D eigenvalue weighted by molar-refractivity contribution is 0.630. The zero-order chi connectivity index (χ0) is 9.68. The summed E-state index contributed by atoms with van der Waals surface area (Å²) < 4.78 is 13.9. The molecule has 0 fully saturated rings. The summed E-state index contributed by atoms with van der Waals surface area (Å²) in [5.74, 6) is 5.26. The lowest BCUT2D eigenvalue weighted by Gasteiger charge is -2.03. The van der Waals surface area contributed by atoms with Gasteiger partial charge >= 0.3 is 0 Å². The van der Waals surface area contributed by atoms with Crippen molar-refractivity contribution in [2.24, 2.45) is 0 Å². The van der Waals surface area contributed by atoms with Crippen molar-refractivity contribution < 1.29 is 4.39 Å². The van der Waals surface area contributed by atoms with Gasteiger partial charge in [0.05, 0.1) is 12.2 Å². The Morgan fingerprint density at radius 3 is 3.00 bits per heavy atom. The van der Waals surface area contributed by atoms with E-state index in [0.717, 1.165) is 4.47 Å². The summed E-state index contributed by atoms with van der Waals surface area (Å²) in [6, 6.07) is 4.75. The van der Waals surface area contributed by atoms with Crippen LogP contribution < -0.4 is 5.32 Å². The van der Waals surface area contributed by atoms with Gasteiger partial charge in [0, 0.05) is 4.47 Å². The van der Waals surface area contributed by atoms with E-state index in [2.05, 4.69) is 33.1 Å². The minimum absolute atomic E-state index is 0.263. The van der Waals surface area contributed by atoms with Gasteiger partial charge in [0.1, 0.15) is 5.82 Å². The highest BCUT2D eigenvalue weighted by molar-refractivity contribution is 9.10. The average Bonchev–Trinajstić information content (AvgIpc) is 2.11. The van der Waals surface area contributed by atoms with Crippen LogP contribution in [0.1, 0.15) is 6.92 Å². The number of nitrogens with one attached hydrogen (secondary N) is 1. The molecule has 0 radical (unpaired) electrons. The van der Waals surface area contributed by atoms with Gasteiger partial charge in [0.15, 0.2) is 0 Å². The summed E-state index contributed by atoms with van der Waals surface area (Å²) in [6.45, 7) is 2.21. The Morgan fingerprint density at radius 2 is 2.31 bits per heavy atom. The second kappa shape index (κ2) is 4.88. The van der Waals surface area contributed by atoms with Gasteiger partial charge in [-0.05, 0) is 25.1 Å². The van der Waals surface area contributed by atoms with E-state index in [0.29, 0.717) is 12.2 Å². The summed E-state index contributed by atoms with van der Waals surface area (Å²) in [4.78, 5) is 0. The van der Waals surface area contributed by atoms with Crippen LogP contribution in [0.3, 0.4) is 0 Å². The van der Waals surface area contributed by atoms with Crippen LogP contribution >= 0.6 is 15.9 Å². The number of hydrogen-bond donors (Lipinski definition) is 1. The fraction of sp³-hybridized carbons (Fsp3) is 0.200. The largest absolute Gasteiger partial charge is 0.372 e. The minimum Gasteiger partial charge on any atom is -0.372 e. The quantitative estimate of drug-likeness (QED) is 0.786. The van der Waals surface area contributed by atoms with Crippen LogP contribution in [-0.4, -0.2) is 6.54 Å². The van der Waals surface area contributed by atoms with E-state index in [1.807, 2.05) is 0 Å². The van der Waals surface area contributed by atoms with Crippen molar-refractivity contribution in [2.75, 3.05) is 11.9 Å². The Bertz CT molecular complexity index is 352. The van der Waals surface area contributed by atoms with Gasteiger partial charge in [-0.2, -0.15) is 0 Å². The minimum atomic E-state index is -0.263. The van der Waals surface area contributed by atoms with Crippen LogP contribution in [0.25, 0.3) is 0 Å². The fourth-order valence-corrected chi connectivity index (χ4v) is 1.22. The predicted octanol–water partition coefficient (Wildman–Crippen LogP) is 3.02. The van der Waals surface area contributed by atoms with Crippen molar-refractivity contribution >= 4 is 21.6 Å². The molecule has 1 aromatic rings. The summed E-state index contributed by atoms with van der Waals surface area (Å²) in [7, 11) is 0. The Balaban J connectivity index is 2.73. The highest BCUT2D eigenvalue weighted by atomic mass is 79.9. The summed E-state index contributed by atoms with van der Waals surface area (Å²) in [6.07, 6.45) is 0. The number of rotatable bonds is 2. The Labute approximate surface area is 85.5 Å². The molecular formula is C10H9BrFN. The van der Waals surface area contributed by atoms with E-state index in [9.17, 15) is 4.39 Å². The average molecular weight is 242 g/mol. The second-order valence-electron chi connectivity index (χ2n) is 2.40. The molecule has 0 saturated carbocycles. The summed E-state index contributed by atoms with van der Waals surface area (Å²) in [5, 5.41) is 2.88. The summed E-state index contributed by atoms with van der Waals surface area (Å²) >= 11 is 3.26. The molecule has 0 amide bonds. The molecule has 13 heavy (non-hydrogen) atoms. The van der Waals surface area contributed by atoms with Crippen molar-refractivity contribution in [2.45, 2.75) is 6.92 Å². The molecule has 1 nitrogen and oxygen atoms in total. The van der Waals surface area contributed by atoms with E-state index in [-0.39, 0.29) is 5.82 Å². The number of anilines is 1. The first kappa shape index (κ1) is 10.1. The smallest absolute Gasteiger partial charge is 0.146 e. The monoisotopic (exact) mass is 241 g/mol. The van der Waals surface area contributed by atoms with Crippen LogP contribution in [0.5, 0.6) is 0 Å². The molecule has 0 aromatic heterocycles. The van der Waals surface area contributed by atoms with Crippen LogP contribution in [0, 0.1) is 17.7 Å². The third-order valence-corrected chi connectivity index (χ3v) is 1.97. The van der Waals surface area contributed by atoms with E-state index in [1.54, 1.807) is 19.1 Å². The van der Waals surface area contributed by atoms with Gasteiger partial charge in [-0.3, -0.25) is 0 Å². The third kappa shape index (κ3) is 3.08. The zero-order valence-corrected chi connectivity index (χ0v) is 8.78. The molecule has 1 N–H and O–H groups in total. The van der Waals surface area contributed by atoms with Gasteiger partial charge in [-0.1, -0.05) is 21.9 Å². The SMILES string of the molecule is CC#CCNc1cc(Br)ccc1F. The predicted molar refractivity (Wildman–Crippen MR) is 56.0 cm³/mol. The molecule has 0 saturated heterocycles.